The normalized spacial score (nSPS) is 14.4. The average Bonchev–Trinajstić information content (AvgIpc) is 3.41. The van der Waals surface area contributed by atoms with Gasteiger partial charge < -0.3 is 29.8 Å². The van der Waals surface area contributed by atoms with Crippen LogP contribution in [0.1, 0.15) is 59.7 Å². The molecular weight excluding hydrogens is 620 g/mol. The molecule has 248 valence electrons. The number of unbranched alkanes of at least 4 members (excludes halogenated alkanes) is 2. The SMILES string of the molecule is COc1cc(C=O)c(N=CC2Cc3ccccc3N2C)cc1OCc1cc(CCl)cc(NC(=O)C(C)CNC(=O)CCCCC=O)c1. The predicted molar refractivity (Wildman–Crippen MR) is 185 cm³/mol. The highest BCUT2D eigenvalue weighted by atomic mass is 35.5. The molecule has 0 bridgehead atoms. The molecular formula is C36H41ClN4O6. The van der Waals surface area contributed by atoms with Crippen molar-refractivity contribution in [1.82, 2.24) is 5.32 Å². The average molecular weight is 661 g/mol. The van der Waals surface area contributed by atoms with Crippen LogP contribution in [0.4, 0.5) is 17.1 Å². The van der Waals surface area contributed by atoms with Gasteiger partial charge in [-0.3, -0.25) is 19.4 Å². The van der Waals surface area contributed by atoms with Gasteiger partial charge in [0.1, 0.15) is 12.9 Å². The molecule has 2 amide bonds. The van der Waals surface area contributed by atoms with E-state index in [1.807, 2.05) is 31.5 Å². The first-order valence-electron chi connectivity index (χ1n) is 15.6. The van der Waals surface area contributed by atoms with Crippen LogP contribution in [0.3, 0.4) is 0 Å². The van der Waals surface area contributed by atoms with Gasteiger partial charge in [-0.15, -0.1) is 11.6 Å². The van der Waals surface area contributed by atoms with E-state index in [9.17, 15) is 19.2 Å². The maximum absolute atomic E-state index is 12.9. The van der Waals surface area contributed by atoms with Crippen molar-refractivity contribution < 1.29 is 28.7 Å². The number of methoxy groups -OCH3 is 1. The van der Waals surface area contributed by atoms with Gasteiger partial charge in [0.05, 0.1) is 24.8 Å². The monoisotopic (exact) mass is 660 g/mol. The zero-order valence-electron chi connectivity index (χ0n) is 27.0. The minimum Gasteiger partial charge on any atom is -0.493 e. The van der Waals surface area contributed by atoms with Gasteiger partial charge in [0.25, 0.3) is 0 Å². The number of benzene rings is 3. The van der Waals surface area contributed by atoms with Crippen molar-refractivity contribution in [2.24, 2.45) is 10.9 Å². The van der Waals surface area contributed by atoms with Crippen LogP contribution < -0.4 is 25.0 Å². The Hall–Kier alpha value is -4.70. The van der Waals surface area contributed by atoms with Gasteiger partial charge in [0, 0.05) is 61.5 Å². The van der Waals surface area contributed by atoms with Gasteiger partial charge in [-0.2, -0.15) is 0 Å². The number of halogens is 1. The number of nitrogens with zero attached hydrogens (tertiary/aromatic N) is 2. The summed E-state index contributed by atoms with van der Waals surface area (Å²) in [6, 6.07) is 17.0. The number of alkyl halides is 1. The number of hydrogen-bond donors (Lipinski definition) is 2. The second kappa shape index (κ2) is 17.3. The van der Waals surface area contributed by atoms with Crippen LogP contribution in [0.2, 0.25) is 0 Å². The number of nitrogens with one attached hydrogen (secondary N) is 2. The summed E-state index contributed by atoms with van der Waals surface area (Å²) < 4.78 is 11.7. The lowest BCUT2D eigenvalue weighted by molar-refractivity contribution is -0.122. The van der Waals surface area contributed by atoms with Crippen molar-refractivity contribution in [3.05, 3.63) is 76.9 Å². The molecule has 0 fully saturated rings. The van der Waals surface area contributed by atoms with Crippen molar-refractivity contribution in [2.75, 3.05) is 30.9 Å². The summed E-state index contributed by atoms with van der Waals surface area (Å²) in [5.41, 5.74) is 5.34. The van der Waals surface area contributed by atoms with E-state index >= 15 is 0 Å². The van der Waals surface area contributed by atoms with Gasteiger partial charge in [0.15, 0.2) is 17.8 Å². The molecule has 1 aliphatic heterocycles. The fourth-order valence-electron chi connectivity index (χ4n) is 5.31. The van der Waals surface area contributed by atoms with Gasteiger partial charge in [-0.05, 0) is 60.2 Å². The number of anilines is 2. The number of fused-ring (bicyclic) bond motifs is 1. The minimum absolute atomic E-state index is 0.0449. The molecule has 1 aliphatic rings. The zero-order valence-corrected chi connectivity index (χ0v) is 27.7. The smallest absolute Gasteiger partial charge is 0.228 e. The van der Waals surface area contributed by atoms with Gasteiger partial charge in [0.2, 0.25) is 11.8 Å². The topological polar surface area (TPSA) is 126 Å². The molecule has 0 aliphatic carbocycles. The first-order chi connectivity index (χ1) is 22.8. The van der Waals surface area contributed by atoms with E-state index in [0.29, 0.717) is 54.1 Å². The number of aldehydes is 2. The molecule has 0 spiro atoms. The molecule has 1 heterocycles. The van der Waals surface area contributed by atoms with Gasteiger partial charge >= 0.3 is 0 Å². The predicted octanol–water partition coefficient (Wildman–Crippen LogP) is 6.04. The van der Waals surface area contributed by atoms with E-state index in [1.165, 1.54) is 12.7 Å². The van der Waals surface area contributed by atoms with E-state index in [1.54, 1.807) is 31.2 Å². The van der Waals surface area contributed by atoms with E-state index < -0.39 is 5.92 Å². The highest BCUT2D eigenvalue weighted by Crippen LogP contribution is 2.36. The molecule has 0 saturated carbocycles. The molecule has 0 radical (unpaired) electrons. The Labute approximate surface area is 280 Å². The summed E-state index contributed by atoms with van der Waals surface area (Å²) in [4.78, 5) is 54.2. The Morgan fingerprint density at radius 1 is 1.09 bits per heavy atom. The lowest BCUT2D eigenvalue weighted by atomic mass is 10.1. The summed E-state index contributed by atoms with van der Waals surface area (Å²) in [5, 5.41) is 5.69. The number of amides is 2. The second-order valence-electron chi connectivity index (χ2n) is 11.5. The highest BCUT2D eigenvalue weighted by molar-refractivity contribution is 6.17. The van der Waals surface area contributed by atoms with E-state index in [0.717, 1.165) is 35.8 Å². The first-order valence-corrected chi connectivity index (χ1v) is 16.1. The van der Waals surface area contributed by atoms with E-state index in [4.69, 9.17) is 21.1 Å². The summed E-state index contributed by atoms with van der Waals surface area (Å²) >= 11 is 6.17. The maximum atomic E-state index is 12.9. The third-order valence-electron chi connectivity index (χ3n) is 8.02. The number of carbonyl (C=O) groups excluding carboxylic acids is 4. The van der Waals surface area contributed by atoms with Crippen LogP contribution in [0, 0.1) is 5.92 Å². The number of hydrogen-bond acceptors (Lipinski definition) is 8. The number of ether oxygens (including phenoxy) is 2. The fraction of sp³-hybridized carbons (Fsp3) is 0.361. The zero-order chi connectivity index (χ0) is 33.8. The van der Waals surface area contributed by atoms with Crippen LogP contribution in [0.5, 0.6) is 11.5 Å². The lowest BCUT2D eigenvalue weighted by Crippen LogP contribution is -2.34. The molecule has 3 aromatic rings. The Kier molecular flexibility index (Phi) is 12.9. The van der Waals surface area contributed by atoms with Crippen molar-refractivity contribution >= 4 is 59.3 Å². The first kappa shape index (κ1) is 35.2. The summed E-state index contributed by atoms with van der Waals surface area (Å²) in [6.07, 6.45) is 6.28. The van der Waals surface area contributed by atoms with Crippen LogP contribution in [0.15, 0.2) is 59.6 Å². The third kappa shape index (κ3) is 9.65. The van der Waals surface area contributed by atoms with Crippen molar-refractivity contribution in [3.8, 4) is 11.5 Å². The number of carbonyl (C=O) groups is 4. The molecule has 3 aromatic carbocycles. The Bertz CT molecular complexity index is 1610. The highest BCUT2D eigenvalue weighted by Gasteiger charge is 2.24. The molecule has 2 unspecified atom stereocenters. The Morgan fingerprint density at radius 3 is 2.60 bits per heavy atom. The molecule has 47 heavy (non-hydrogen) atoms. The van der Waals surface area contributed by atoms with Crippen LogP contribution >= 0.6 is 11.6 Å². The minimum atomic E-state index is -0.481. The molecule has 11 heteroatoms. The lowest BCUT2D eigenvalue weighted by Gasteiger charge is -2.19. The molecule has 10 nitrogen and oxygen atoms in total. The fourth-order valence-corrected chi connectivity index (χ4v) is 5.47. The number of likely N-dealkylation sites (N-methyl/N-ethyl adjacent to an activating group) is 1. The van der Waals surface area contributed by atoms with Crippen molar-refractivity contribution in [2.45, 2.75) is 57.6 Å². The van der Waals surface area contributed by atoms with Crippen molar-refractivity contribution in [1.29, 1.82) is 0 Å². The second-order valence-corrected chi connectivity index (χ2v) is 11.8. The summed E-state index contributed by atoms with van der Waals surface area (Å²) in [7, 11) is 3.53. The Balaban J connectivity index is 1.42. The van der Waals surface area contributed by atoms with Gasteiger partial charge in [-0.1, -0.05) is 31.2 Å². The summed E-state index contributed by atoms with van der Waals surface area (Å²) in [6.45, 7) is 2.05. The molecule has 2 atom stereocenters. The van der Waals surface area contributed by atoms with Crippen LogP contribution in [-0.2, 0) is 33.3 Å². The summed E-state index contributed by atoms with van der Waals surface area (Å²) in [5.74, 6) is 0.132. The standard InChI is InChI=1S/C36H41ClN4O6/c1-24(20-39-35(44)11-5-4-8-12-42)36(45)40-29-14-25(19-37)13-26(15-29)23-47-34-18-31(28(22-43)17-33(34)46-3)38-21-30-16-27-9-6-7-10-32(27)41(30)2/h6-7,9-10,12-15,17-18,21-22,24,30H,4-5,8,11,16,19-20,23H2,1-3H3,(H,39,44)(H,40,45). The van der Waals surface area contributed by atoms with Crippen molar-refractivity contribution in [3.63, 3.8) is 0 Å². The molecule has 0 aromatic heterocycles. The third-order valence-corrected chi connectivity index (χ3v) is 8.33. The number of para-hydroxylation sites is 1. The van der Waals surface area contributed by atoms with E-state index in [2.05, 4.69) is 32.7 Å². The van der Waals surface area contributed by atoms with Crippen LogP contribution in [-0.4, -0.2) is 57.3 Å². The number of rotatable bonds is 17. The largest absolute Gasteiger partial charge is 0.493 e. The Morgan fingerprint density at radius 2 is 1.87 bits per heavy atom. The number of aliphatic imine (C=N–C) groups is 1. The molecule has 0 saturated heterocycles. The quantitative estimate of drug-likeness (QED) is 0.0783. The molecule has 2 N–H and O–H groups in total. The molecule has 4 rings (SSSR count). The van der Waals surface area contributed by atoms with E-state index in [-0.39, 0.29) is 36.9 Å². The maximum Gasteiger partial charge on any atom is 0.228 e. The van der Waals surface area contributed by atoms with Gasteiger partial charge in [-0.25, -0.2) is 0 Å². The van der Waals surface area contributed by atoms with Crippen LogP contribution in [0.25, 0.3) is 0 Å².